The van der Waals surface area contributed by atoms with E-state index in [-0.39, 0.29) is 5.41 Å². The van der Waals surface area contributed by atoms with Crippen molar-refractivity contribution in [2.24, 2.45) is 0 Å². The average molecular weight is 844 g/mol. The zero-order valence-electron chi connectivity index (χ0n) is 36.4. The molecule has 9 aromatic carbocycles. The van der Waals surface area contributed by atoms with Crippen LogP contribution >= 0.6 is 0 Å². The standard InChI is InChI=1S/C61H41N5/c1-61(2)50-27-15-12-25-45(50)57-55(61)47-33-32-44-49-37-40(39-30-34-53-48(36-39)43-24-14-17-29-52(43)64(53)41-20-8-4-9-21-41)31-35-54(49)66(58(44)59(47)65(57)42-22-10-5-11-23-42)60-62-51-28-16-13-26-46(51)56(63-60)38-18-6-3-7-19-38/h3-37H,1-2H3. The molecule has 66 heavy (non-hydrogen) atoms. The minimum absolute atomic E-state index is 0.232. The molecule has 5 nitrogen and oxygen atoms in total. The van der Waals surface area contributed by atoms with E-state index >= 15 is 0 Å². The molecule has 0 atom stereocenters. The molecule has 5 heteroatoms. The van der Waals surface area contributed by atoms with Crippen LogP contribution < -0.4 is 0 Å². The number of aromatic nitrogens is 5. The van der Waals surface area contributed by atoms with Crippen molar-refractivity contribution in [3.05, 3.63) is 223 Å². The fourth-order valence-electron chi connectivity index (χ4n) is 11.3. The highest BCUT2D eigenvalue weighted by Crippen LogP contribution is 2.55. The quantitative estimate of drug-likeness (QED) is 0.173. The molecule has 0 fully saturated rings. The summed E-state index contributed by atoms with van der Waals surface area (Å²) in [5, 5.41) is 7.02. The fraction of sp³-hybridized carbons (Fsp3) is 0.0492. The van der Waals surface area contributed by atoms with Crippen molar-refractivity contribution in [2.75, 3.05) is 0 Å². The third-order valence-electron chi connectivity index (χ3n) is 14.2. The lowest BCUT2D eigenvalue weighted by atomic mass is 9.81. The van der Waals surface area contributed by atoms with Crippen LogP contribution in [0.5, 0.6) is 0 Å². The molecule has 0 N–H and O–H groups in total. The van der Waals surface area contributed by atoms with Gasteiger partial charge in [-0.1, -0.05) is 166 Å². The number of rotatable bonds is 5. The number of nitrogens with zero attached hydrogens (tertiary/aromatic N) is 5. The highest BCUT2D eigenvalue weighted by atomic mass is 15.2. The lowest BCUT2D eigenvalue weighted by Gasteiger charge is -2.21. The van der Waals surface area contributed by atoms with Crippen LogP contribution in [-0.4, -0.2) is 23.7 Å². The van der Waals surface area contributed by atoms with E-state index in [2.05, 4.69) is 240 Å². The minimum Gasteiger partial charge on any atom is -0.309 e. The molecule has 14 rings (SSSR count). The maximum atomic E-state index is 5.56. The van der Waals surface area contributed by atoms with Crippen LogP contribution in [0.15, 0.2) is 212 Å². The van der Waals surface area contributed by atoms with Gasteiger partial charge in [-0.15, -0.1) is 0 Å². The van der Waals surface area contributed by atoms with Gasteiger partial charge in [-0.25, -0.2) is 9.97 Å². The van der Waals surface area contributed by atoms with E-state index in [1.54, 1.807) is 0 Å². The Labute approximate surface area is 381 Å². The summed E-state index contributed by atoms with van der Waals surface area (Å²) in [7, 11) is 0. The Hall–Kier alpha value is -8.54. The second kappa shape index (κ2) is 13.7. The first-order valence-corrected chi connectivity index (χ1v) is 22.8. The molecule has 0 amide bonds. The van der Waals surface area contributed by atoms with Crippen molar-refractivity contribution in [1.29, 1.82) is 0 Å². The summed E-state index contributed by atoms with van der Waals surface area (Å²) in [6.07, 6.45) is 0. The van der Waals surface area contributed by atoms with Crippen LogP contribution in [0, 0.1) is 0 Å². The highest BCUT2D eigenvalue weighted by molar-refractivity contribution is 6.21. The van der Waals surface area contributed by atoms with Crippen molar-refractivity contribution in [3.8, 4) is 51.0 Å². The number of para-hydroxylation sites is 4. The first-order valence-electron chi connectivity index (χ1n) is 22.8. The van der Waals surface area contributed by atoms with Gasteiger partial charge in [-0.3, -0.25) is 4.57 Å². The molecule has 0 saturated carbocycles. The molecule has 4 aromatic heterocycles. The van der Waals surface area contributed by atoms with Gasteiger partial charge in [-0.2, -0.15) is 0 Å². The van der Waals surface area contributed by atoms with E-state index in [9.17, 15) is 0 Å². The highest BCUT2D eigenvalue weighted by Gasteiger charge is 2.41. The minimum atomic E-state index is -0.232. The van der Waals surface area contributed by atoms with Crippen LogP contribution in [-0.2, 0) is 5.41 Å². The molecule has 0 bridgehead atoms. The number of benzene rings is 9. The largest absolute Gasteiger partial charge is 0.309 e. The van der Waals surface area contributed by atoms with Gasteiger partial charge in [0.2, 0.25) is 5.95 Å². The van der Waals surface area contributed by atoms with E-state index in [0.717, 1.165) is 66.4 Å². The Morgan fingerprint density at radius 1 is 0.379 bits per heavy atom. The van der Waals surface area contributed by atoms with Crippen molar-refractivity contribution >= 4 is 65.4 Å². The van der Waals surface area contributed by atoms with Gasteiger partial charge < -0.3 is 9.13 Å². The molecule has 4 heterocycles. The van der Waals surface area contributed by atoms with E-state index in [4.69, 9.17) is 9.97 Å². The van der Waals surface area contributed by atoms with Crippen LogP contribution in [0.4, 0.5) is 0 Å². The first kappa shape index (κ1) is 36.9. The Kier molecular flexibility index (Phi) is 7.68. The summed E-state index contributed by atoms with van der Waals surface area (Å²) in [6.45, 7) is 4.76. The topological polar surface area (TPSA) is 40.6 Å². The van der Waals surface area contributed by atoms with Crippen molar-refractivity contribution < 1.29 is 0 Å². The molecular formula is C61H41N5. The van der Waals surface area contributed by atoms with Gasteiger partial charge in [-0.05, 0) is 82.9 Å². The normalized spacial score (nSPS) is 13.1. The molecule has 0 unspecified atom stereocenters. The van der Waals surface area contributed by atoms with Gasteiger partial charge in [0.05, 0.1) is 44.5 Å². The van der Waals surface area contributed by atoms with Gasteiger partial charge in [0.1, 0.15) is 0 Å². The smallest absolute Gasteiger partial charge is 0.235 e. The third kappa shape index (κ3) is 5.11. The molecule has 1 aliphatic rings. The second-order valence-electron chi connectivity index (χ2n) is 18.2. The Morgan fingerprint density at radius 3 is 1.67 bits per heavy atom. The molecule has 13 aromatic rings. The lowest BCUT2D eigenvalue weighted by molar-refractivity contribution is 0.666. The van der Waals surface area contributed by atoms with Gasteiger partial charge in [0.25, 0.3) is 0 Å². The maximum Gasteiger partial charge on any atom is 0.235 e. The molecule has 0 spiro atoms. The number of hydrogen-bond donors (Lipinski definition) is 0. The van der Waals surface area contributed by atoms with Crippen molar-refractivity contribution in [3.63, 3.8) is 0 Å². The van der Waals surface area contributed by atoms with Gasteiger partial charge in [0.15, 0.2) is 0 Å². The number of hydrogen-bond acceptors (Lipinski definition) is 2. The summed E-state index contributed by atoms with van der Waals surface area (Å²) in [6, 6.07) is 76.8. The third-order valence-corrected chi connectivity index (χ3v) is 14.2. The monoisotopic (exact) mass is 843 g/mol. The predicted octanol–water partition coefficient (Wildman–Crippen LogP) is 15.4. The summed E-state index contributed by atoms with van der Waals surface area (Å²) in [4.78, 5) is 11.0. The first-order chi connectivity index (χ1) is 32.5. The SMILES string of the molecule is CC1(C)c2ccccc2-c2c1c1ccc3c4cc(-c5ccc6c(c5)c5ccccc5n6-c5ccccc5)ccc4n(-c4nc(-c5ccccc5)c5ccccc5n4)c3c1n2-c1ccccc1. The van der Waals surface area contributed by atoms with Crippen LogP contribution in [0.1, 0.15) is 25.0 Å². The van der Waals surface area contributed by atoms with Crippen LogP contribution in [0.25, 0.3) is 116 Å². The van der Waals surface area contributed by atoms with Crippen LogP contribution in [0.3, 0.4) is 0 Å². The average Bonchev–Trinajstić information content (AvgIpc) is 4.08. The maximum absolute atomic E-state index is 5.56. The summed E-state index contributed by atoms with van der Waals surface area (Å²) in [5.41, 5.74) is 18.1. The summed E-state index contributed by atoms with van der Waals surface area (Å²) in [5.74, 6) is 0.642. The van der Waals surface area contributed by atoms with E-state index in [0.29, 0.717) is 5.95 Å². The summed E-state index contributed by atoms with van der Waals surface area (Å²) < 4.78 is 7.25. The van der Waals surface area contributed by atoms with E-state index < -0.39 is 0 Å². The van der Waals surface area contributed by atoms with Crippen molar-refractivity contribution in [1.82, 2.24) is 23.7 Å². The Bertz CT molecular complexity index is 4120. The van der Waals surface area contributed by atoms with E-state index in [1.165, 1.54) is 55.1 Å². The zero-order valence-corrected chi connectivity index (χ0v) is 36.4. The molecule has 310 valence electrons. The second-order valence-corrected chi connectivity index (χ2v) is 18.2. The number of fused-ring (bicyclic) bond motifs is 13. The Balaban J connectivity index is 1.10. The Morgan fingerprint density at radius 2 is 0.924 bits per heavy atom. The van der Waals surface area contributed by atoms with Gasteiger partial charge >= 0.3 is 0 Å². The zero-order chi connectivity index (χ0) is 43.7. The summed E-state index contributed by atoms with van der Waals surface area (Å²) >= 11 is 0. The molecule has 0 saturated heterocycles. The lowest BCUT2D eigenvalue weighted by Crippen LogP contribution is -2.14. The van der Waals surface area contributed by atoms with Gasteiger partial charge in [0, 0.05) is 60.2 Å². The molecular weight excluding hydrogens is 803 g/mol. The molecule has 1 aliphatic carbocycles. The van der Waals surface area contributed by atoms with Crippen molar-refractivity contribution in [2.45, 2.75) is 19.3 Å². The van der Waals surface area contributed by atoms with E-state index in [1.807, 2.05) is 0 Å². The molecule has 0 radical (unpaired) electrons. The fourth-order valence-corrected chi connectivity index (χ4v) is 11.3. The predicted molar refractivity (Wildman–Crippen MR) is 273 cm³/mol. The molecule has 0 aliphatic heterocycles. The van der Waals surface area contributed by atoms with Crippen LogP contribution in [0.2, 0.25) is 0 Å².